The Bertz CT molecular complexity index is 527. The highest BCUT2D eigenvalue weighted by Crippen LogP contribution is 2.26. The van der Waals surface area contributed by atoms with E-state index in [2.05, 4.69) is 15.3 Å². The van der Waals surface area contributed by atoms with Gasteiger partial charge in [0.1, 0.15) is 17.6 Å². The van der Waals surface area contributed by atoms with Crippen LogP contribution in [0.3, 0.4) is 0 Å². The number of anilines is 1. The minimum atomic E-state index is -0.116. The van der Waals surface area contributed by atoms with Crippen LogP contribution >= 0.6 is 23.2 Å². The highest BCUT2D eigenvalue weighted by molar-refractivity contribution is 6.35. The predicted octanol–water partition coefficient (Wildman–Crippen LogP) is 3.86. The van der Waals surface area contributed by atoms with Gasteiger partial charge in [0.2, 0.25) is 5.89 Å². The standard InChI is InChI=1S/C11H11Cl2N3O/c1-6-4-15-11(17-6)7(2)16-10-9(13)3-8(12)5-14-10/h3-5,7H,1-2H3,(H,14,16). The molecule has 2 aromatic heterocycles. The number of oxazole rings is 1. The van der Waals surface area contributed by atoms with Gasteiger partial charge in [-0.05, 0) is 19.9 Å². The monoisotopic (exact) mass is 271 g/mol. The normalized spacial score (nSPS) is 12.5. The summed E-state index contributed by atoms with van der Waals surface area (Å²) in [5.41, 5.74) is 0. The fraction of sp³-hybridized carbons (Fsp3) is 0.273. The van der Waals surface area contributed by atoms with Crippen molar-refractivity contribution < 1.29 is 4.42 Å². The van der Waals surface area contributed by atoms with Crippen LogP contribution in [-0.4, -0.2) is 9.97 Å². The van der Waals surface area contributed by atoms with E-state index in [1.54, 1.807) is 12.3 Å². The molecule has 0 aliphatic heterocycles. The van der Waals surface area contributed by atoms with Gasteiger partial charge in [0.05, 0.1) is 16.2 Å². The lowest BCUT2D eigenvalue weighted by molar-refractivity contribution is 0.453. The molecule has 0 bridgehead atoms. The Hall–Kier alpha value is -1.26. The molecule has 0 saturated heterocycles. The van der Waals surface area contributed by atoms with Crippen LogP contribution in [0, 0.1) is 6.92 Å². The molecular weight excluding hydrogens is 261 g/mol. The van der Waals surface area contributed by atoms with Gasteiger partial charge in [-0.15, -0.1) is 0 Å². The number of hydrogen-bond acceptors (Lipinski definition) is 4. The number of nitrogens with one attached hydrogen (secondary N) is 1. The topological polar surface area (TPSA) is 51.0 Å². The van der Waals surface area contributed by atoms with Gasteiger partial charge in [-0.3, -0.25) is 0 Å². The first-order valence-electron chi connectivity index (χ1n) is 5.06. The van der Waals surface area contributed by atoms with E-state index >= 15 is 0 Å². The van der Waals surface area contributed by atoms with E-state index < -0.39 is 0 Å². The zero-order valence-corrected chi connectivity index (χ0v) is 10.9. The maximum absolute atomic E-state index is 6.01. The van der Waals surface area contributed by atoms with Gasteiger partial charge in [-0.2, -0.15) is 0 Å². The van der Waals surface area contributed by atoms with Crippen LogP contribution in [0.15, 0.2) is 22.9 Å². The minimum Gasteiger partial charge on any atom is -0.444 e. The van der Waals surface area contributed by atoms with Crippen LogP contribution < -0.4 is 5.32 Å². The molecule has 2 heterocycles. The second-order valence-corrected chi connectivity index (χ2v) is 4.50. The Morgan fingerprint density at radius 1 is 1.29 bits per heavy atom. The van der Waals surface area contributed by atoms with Crippen molar-refractivity contribution in [2.24, 2.45) is 0 Å². The van der Waals surface area contributed by atoms with Crippen molar-refractivity contribution in [3.63, 3.8) is 0 Å². The molecule has 2 aromatic rings. The first-order chi connectivity index (χ1) is 8.06. The van der Waals surface area contributed by atoms with Crippen LogP contribution in [0.2, 0.25) is 10.0 Å². The SMILES string of the molecule is Cc1cnc(C(C)Nc2ncc(Cl)cc2Cl)o1. The molecule has 1 atom stereocenters. The molecule has 1 unspecified atom stereocenters. The summed E-state index contributed by atoms with van der Waals surface area (Å²) in [6.07, 6.45) is 3.20. The molecule has 0 aliphatic carbocycles. The molecule has 2 rings (SSSR count). The highest BCUT2D eigenvalue weighted by Gasteiger charge is 2.13. The van der Waals surface area contributed by atoms with Crippen molar-refractivity contribution in [1.29, 1.82) is 0 Å². The Morgan fingerprint density at radius 3 is 2.65 bits per heavy atom. The van der Waals surface area contributed by atoms with Gasteiger partial charge in [0.15, 0.2) is 0 Å². The van der Waals surface area contributed by atoms with Crippen LogP contribution in [-0.2, 0) is 0 Å². The van der Waals surface area contributed by atoms with E-state index in [4.69, 9.17) is 27.6 Å². The maximum Gasteiger partial charge on any atom is 0.216 e. The highest BCUT2D eigenvalue weighted by atomic mass is 35.5. The Morgan fingerprint density at radius 2 is 2.06 bits per heavy atom. The third kappa shape index (κ3) is 2.90. The fourth-order valence-electron chi connectivity index (χ4n) is 1.36. The lowest BCUT2D eigenvalue weighted by atomic mass is 10.3. The number of aryl methyl sites for hydroxylation is 1. The average Bonchev–Trinajstić information content (AvgIpc) is 2.69. The fourth-order valence-corrected chi connectivity index (χ4v) is 1.79. The van der Waals surface area contributed by atoms with Gasteiger partial charge in [-0.25, -0.2) is 9.97 Å². The quantitative estimate of drug-likeness (QED) is 0.921. The second-order valence-electron chi connectivity index (χ2n) is 3.66. The largest absolute Gasteiger partial charge is 0.444 e. The number of rotatable bonds is 3. The van der Waals surface area contributed by atoms with E-state index in [1.165, 1.54) is 6.20 Å². The van der Waals surface area contributed by atoms with Crippen molar-refractivity contribution >= 4 is 29.0 Å². The minimum absolute atomic E-state index is 0.116. The summed E-state index contributed by atoms with van der Waals surface area (Å²) in [5.74, 6) is 1.92. The molecule has 0 aliphatic rings. The zero-order chi connectivity index (χ0) is 12.4. The van der Waals surface area contributed by atoms with Crippen LogP contribution in [0.25, 0.3) is 0 Å². The van der Waals surface area contributed by atoms with Gasteiger partial charge in [-0.1, -0.05) is 23.2 Å². The molecular formula is C11H11Cl2N3O. The van der Waals surface area contributed by atoms with Crippen molar-refractivity contribution in [2.75, 3.05) is 5.32 Å². The number of hydrogen-bond donors (Lipinski definition) is 1. The summed E-state index contributed by atoms with van der Waals surface area (Å²) < 4.78 is 5.41. The molecule has 0 radical (unpaired) electrons. The lowest BCUT2D eigenvalue weighted by Crippen LogP contribution is -2.08. The van der Waals surface area contributed by atoms with Crippen molar-refractivity contribution in [3.05, 3.63) is 40.2 Å². The number of nitrogens with zero attached hydrogens (tertiary/aromatic N) is 2. The second kappa shape index (κ2) is 4.94. The third-order valence-corrected chi connectivity index (χ3v) is 2.67. The molecule has 0 saturated carbocycles. The van der Waals surface area contributed by atoms with Crippen LogP contribution in [0.5, 0.6) is 0 Å². The Balaban J connectivity index is 2.15. The summed E-state index contributed by atoms with van der Waals surface area (Å²) in [4.78, 5) is 8.24. The summed E-state index contributed by atoms with van der Waals surface area (Å²) in [6.45, 7) is 3.76. The molecule has 4 nitrogen and oxygen atoms in total. The number of pyridine rings is 1. The van der Waals surface area contributed by atoms with Gasteiger partial charge < -0.3 is 9.73 Å². The summed E-state index contributed by atoms with van der Waals surface area (Å²) in [7, 11) is 0. The number of aromatic nitrogens is 2. The first kappa shape index (κ1) is 12.2. The molecule has 0 aromatic carbocycles. The van der Waals surface area contributed by atoms with Crippen LogP contribution in [0.4, 0.5) is 5.82 Å². The number of halogens is 2. The van der Waals surface area contributed by atoms with E-state index in [1.807, 2.05) is 13.8 Å². The lowest BCUT2D eigenvalue weighted by Gasteiger charge is -2.12. The molecule has 6 heteroatoms. The third-order valence-electron chi connectivity index (χ3n) is 2.17. The molecule has 0 amide bonds. The summed E-state index contributed by atoms with van der Waals surface area (Å²) >= 11 is 11.8. The van der Waals surface area contributed by atoms with E-state index in [0.29, 0.717) is 21.8 Å². The van der Waals surface area contributed by atoms with Crippen LogP contribution in [0.1, 0.15) is 24.6 Å². The first-order valence-corrected chi connectivity index (χ1v) is 5.82. The van der Waals surface area contributed by atoms with Crippen molar-refractivity contribution in [3.8, 4) is 0 Å². The average molecular weight is 272 g/mol. The molecule has 0 spiro atoms. The summed E-state index contributed by atoms with van der Waals surface area (Å²) in [6, 6.07) is 1.52. The summed E-state index contributed by atoms with van der Waals surface area (Å²) in [5, 5.41) is 4.07. The van der Waals surface area contributed by atoms with Crippen molar-refractivity contribution in [1.82, 2.24) is 9.97 Å². The van der Waals surface area contributed by atoms with Gasteiger partial charge in [0.25, 0.3) is 0 Å². The molecule has 90 valence electrons. The van der Waals surface area contributed by atoms with Gasteiger partial charge in [0, 0.05) is 6.20 Å². The van der Waals surface area contributed by atoms with Crippen molar-refractivity contribution in [2.45, 2.75) is 19.9 Å². The Kier molecular flexibility index (Phi) is 3.54. The smallest absolute Gasteiger partial charge is 0.216 e. The molecule has 17 heavy (non-hydrogen) atoms. The zero-order valence-electron chi connectivity index (χ0n) is 9.37. The van der Waals surface area contributed by atoms with E-state index in [-0.39, 0.29) is 6.04 Å². The van der Waals surface area contributed by atoms with Gasteiger partial charge >= 0.3 is 0 Å². The van der Waals surface area contributed by atoms with E-state index in [0.717, 1.165) is 5.76 Å². The maximum atomic E-state index is 6.01. The predicted molar refractivity (Wildman–Crippen MR) is 67.5 cm³/mol. The molecule has 1 N–H and O–H groups in total. The molecule has 0 fully saturated rings. The Labute approximate surface area is 109 Å². The van der Waals surface area contributed by atoms with E-state index in [9.17, 15) is 0 Å².